The third kappa shape index (κ3) is 7.88. The number of aromatic nitrogens is 2. The molecule has 0 aliphatic heterocycles. The number of unbranched alkanes of at least 4 members (excludes halogenated alkanes) is 7. The molecule has 0 aliphatic carbocycles. The predicted octanol–water partition coefficient (Wildman–Crippen LogP) is 4.20. The van der Waals surface area contributed by atoms with Crippen molar-refractivity contribution in [2.24, 2.45) is 0 Å². The highest BCUT2D eigenvalue weighted by molar-refractivity contribution is 5.39. The van der Waals surface area contributed by atoms with Gasteiger partial charge in [-0.25, -0.2) is 4.68 Å². The van der Waals surface area contributed by atoms with Crippen molar-refractivity contribution in [1.82, 2.24) is 9.78 Å². The van der Waals surface area contributed by atoms with Crippen molar-refractivity contribution in [3.8, 4) is 0 Å². The van der Waals surface area contributed by atoms with Crippen LogP contribution in [0, 0.1) is 0 Å². The first-order valence-corrected chi connectivity index (χ1v) is 8.47. The van der Waals surface area contributed by atoms with E-state index in [1.807, 2.05) is 13.8 Å². The number of hydrogen-bond acceptors (Lipinski definition) is 3. The Labute approximate surface area is 129 Å². The minimum absolute atomic E-state index is 0.0106. The van der Waals surface area contributed by atoms with Gasteiger partial charge in [0.25, 0.3) is 5.56 Å². The van der Waals surface area contributed by atoms with Crippen molar-refractivity contribution in [1.29, 1.82) is 0 Å². The van der Waals surface area contributed by atoms with Crippen molar-refractivity contribution in [2.45, 2.75) is 84.7 Å². The minimum atomic E-state index is -0.0106. The molecular weight excluding hydrogens is 262 g/mol. The van der Waals surface area contributed by atoms with E-state index in [9.17, 15) is 4.79 Å². The quantitative estimate of drug-likeness (QED) is 0.622. The van der Waals surface area contributed by atoms with Crippen LogP contribution in [0.5, 0.6) is 0 Å². The van der Waals surface area contributed by atoms with Crippen LogP contribution in [-0.2, 0) is 6.54 Å². The van der Waals surface area contributed by atoms with Gasteiger partial charge < -0.3 is 5.32 Å². The normalized spacial score (nSPS) is 11.0. The second-order valence-corrected chi connectivity index (χ2v) is 6.08. The van der Waals surface area contributed by atoms with Gasteiger partial charge in [0.05, 0.1) is 11.9 Å². The van der Waals surface area contributed by atoms with Crippen molar-refractivity contribution in [2.75, 3.05) is 5.32 Å². The van der Waals surface area contributed by atoms with Crippen LogP contribution in [-0.4, -0.2) is 15.8 Å². The summed E-state index contributed by atoms with van der Waals surface area (Å²) in [6.45, 7) is 7.07. The van der Waals surface area contributed by atoms with Gasteiger partial charge in [0.2, 0.25) is 0 Å². The number of aryl methyl sites for hydroxylation is 1. The third-order valence-corrected chi connectivity index (χ3v) is 3.55. The number of hydrogen-bond donors (Lipinski definition) is 1. The summed E-state index contributed by atoms with van der Waals surface area (Å²) in [5.74, 6) is 0. The largest absolute Gasteiger partial charge is 0.381 e. The summed E-state index contributed by atoms with van der Waals surface area (Å²) >= 11 is 0. The second kappa shape index (κ2) is 10.4. The Bertz CT molecular complexity index is 440. The Morgan fingerprint density at radius 3 is 2.29 bits per heavy atom. The van der Waals surface area contributed by atoms with E-state index in [-0.39, 0.29) is 5.56 Å². The van der Waals surface area contributed by atoms with Crippen LogP contribution in [0.4, 0.5) is 5.69 Å². The molecule has 21 heavy (non-hydrogen) atoms. The van der Waals surface area contributed by atoms with E-state index in [0.717, 1.165) is 18.7 Å². The first-order chi connectivity index (χ1) is 10.1. The van der Waals surface area contributed by atoms with Gasteiger partial charge in [-0.1, -0.05) is 51.9 Å². The van der Waals surface area contributed by atoms with Crippen LogP contribution < -0.4 is 10.9 Å². The second-order valence-electron chi connectivity index (χ2n) is 6.08. The number of anilines is 1. The molecule has 0 unspecified atom stereocenters. The van der Waals surface area contributed by atoms with E-state index < -0.39 is 0 Å². The lowest BCUT2D eigenvalue weighted by Gasteiger charge is -2.10. The number of nitrogens with one attached hydrogen (secondary N) is 1. The smallest absolute Gasteiger partial charge is 0.268 e. The number of rotatable bonds is 11. The highest BCUT2D eigenvalue weighted by Gasteiger charge is 2.01. The zero-order valence-electron chi connectivity index (χ0n) is 13.9. The maximum Gasteiger partial charge on any atom is 0.268 e. The molecule has 0 saturated carbocycles. The van der Waals surface area contributed by atoms with Gasteiger partial charge >= 0.3 is 0 Å². The predicted molar refractivity (Wildman–Crippen MR) is 89.9 cm³/mol. The average Bonchev–Trinajstić information content (AvgIpc) is 2.43. The fraction of sp³-hybridized carbons (Fsp3) is 0.765. The Kier molecular flexibility index (Phi) is 8.79. The zero-order valence-corrected chi connectivity index (χ0v) is 13.9. The van der Waals surface area contributed by atoms with Gasteiger partial charge in [0, 0.05) is 18.7 Å². The highest BCUT2D eigenvalue weighted by atomic mass is 16.1. The Hall–Kier alpha value is -1.32. The van der Waals surface area contributed by atoms with Gasteiger partial charge in [-0.2, -0.15) is 5.10 Å². The van der Waals surface area contributed by atoms with Gasteiger partial charge in [0.1, 0.15) is 0 Å². The van der Waals surface area contributed by atoms with E-state index in [0.29, 0.717) is 6.04 Å². The lowest BCUT2D eigenvalue weighted by molar-refractivity contribution is 0.504. The van der Waals surface area contributed by atoms with Crippen LogP contribution in [0.1, 0.15) is 72.1 Å². The van der Waals surface area contributed by atoms with Gasteiger partial charge in [0.15, 0.2) is 0 Å². The van der Waals surface area contributed by atoms with Crippen LogP contribution in [0.2, 0.25) is 0 Å². The van der Waals surface area contributed by atoms with Crippen molar-refractivity contribution < 1.29 is 0 Å². The van der Waals surface area contributed by atoms with Crippen LogP contribution in [0.3, 0.4) is 0 Å². The highest BCUT2D eigenvalue weighted by Crippen LogP contribution is 2.09. The zero-order chi connectivity index (χ0) is 15.5. The molecule has 4 nitrogen and oxygen atoms in total. The molecule has 0 aliphatic rings. The Morgan fingerprint density at radius 1 is 1.10 bits per heavy atom. The summed E-state index contributed by atoms with van der Waals surface area (Å²) in [5.41, 5.74) is 0.797. The SMILES string of the molecule is CCCCCCCCCCn1ncc(NC(C)C)cc1=O. The average molecular weight is 293 g/mol. The topological polar surface area (TPSA) is 46.9 Å². The maximum absolute atomic E-state index is 11.9. The first kappa shape index (κ1) is 17.7. The molecule has 0 spiro atoms. The maximum atomic E-state index is 11.9. The molecule has 0 aromatic carbocycles. The number of nitrogens with zero attached hydrogens (tertiary/aromatic N) is 2. The van der Waals surface area contributed by atoms with Gasteiger partial charge in [-0.05, 0) is 20.3 Å². The molecule has 1 aromatic heterocycles. The van der Waals surface area contributed by atoms with E-state index >= 15 is 0 Å². The molecule has 0 fully saturated rings. The lowest BCUT2D eigenvalue weighted by Crippen LogP contribution is -2.23. The molecule has 1 aromatic rings. The molecular formula is C17H31N3O. The fourth-order valence-corrected chi connectivity index (χ4v) is 2.41. The molecule has 120 valence electrons. The van der Waals surface area contributed by atoms with Gasteiger partial charge in [-0.15, -0.1) is 0 Å². The van der Waals surface area contributed by atoms with Crippen LogP contribution in [0.25, 0.3) is 0 Å². The van der Waals surface area contributed by atoms with Crippen molar-refractivity contribution >= 4 is 5.69 Å². The fourth-order valence-electron chi connectivity index (χ4n) is 2.41. The minimum Gasteiger partial charge on any atom is -0.381 e. The van der Waals surface area contributed by atoms with E-state index in [1.165, 1.54) is 44.9 Å². The monoisotopic (exact) mass is 293 g/mol. The summed E-state index contributed by atoms with van der Waals surface area (Å²) in [6, 6.07) is 1.95. The summed E-state index contributed by atoms with van der Waals surface area (Å²) in [6.07, 6.45) is 11.9. The lowest BCUT2D eigenvalue weighted by atomic mass is 10.1. The Balaban J connectivity index is 2.22. The van der Waals surface area contributed by atoms with Crippen LogP contribution in [0.15, 0.2) is 17.1 Å². The van der Waals surface area contributed by atoms with E-state index in [1.54, 1.807) is 16.9 Å². The summed E-state index contributed by atoms with van der Waals surface area (Å²) in [7, 11) is 0. The standard InChI is InChI=1S/C17H31N3O/c1-4-5-6-7-8-9-10-11-12-20-17(21)13-16(14-18-20)19-15(2)3/h13-15,19H,4-12H2,1-3H3. The van der Waals surface area contributed by atoms with E-state index in [2.05, 4.69) is 17.3 Å². The van der Waals surface area contributed by atoms with Crippen molar-refractivity contribution in [3.63, 3.8) is 0 Å². The van der Waals surface area contributed by atoms with E-state index in [4.69, 9.17) is 0 Å². The molecule has 1 N–H and O–H groups in total. The molecule has 0 bridgehead atoms. The molecule has 0 atom stereocenters. The molecule has 0 radical (unpaired) electrons. The third-order valence-electron chi connectivity index (χ3n) is 3.55. The molecule has 1 rings (SSSR count). The summed E-state index contributed by atoms with van der Waals surface area (Å²) < 4.78 is 1.57. The summed E-state index contributed by atoms with van der Waals surface area (Å²) in [4.78, 5) is 11.9. The first-order valence-electron chi connectivity index (χ1n) is 8.47. The molecule has 4 heteroatoms. The van der Waals surface area contributed by atoms with Gasteiger partial charge in [-0.3, -0.25) is 4.79 Å². The summed E-state index contributed by atoms with van der Waals surface area (Å²) in [5, 5.41) is 7.43. The van der Waals surface area contributed by atoms with Crippen LogP contribution >= 0.6 is 0 Å². The Morgan fingerprint density at radius 2 is 1.71 bits per heavy atom. The van der Waals surface area contributed by atoms with Crippen molar-refractivity contribution in [3.05, 3.63) is 22.6 Å². The molecule has 1 heterocycles. The molecule has 0 saturated heterocycles. The molecule has 0 amide bonds.